The number of aromatic nitrogens is 3. The summed E-state index contributed by atoms with van der Waals surface area (Å²) in [5, 5.41) is 5.77. The first kappa shape index (κ1) is 22.4. The summed E-state index contributed by atoms with van der Waals surface area (Å²) in [6.45, 7) is 8.34. The summed E-state index contributed by atoms with van der Waals surface area (Å²) >= 11 is 0. The van der Waals surface area contributed by atoms with Crippen molar-refractivity contribution in [3.63, 3.8) is 0 Å². The van der Waals surface area contributed by atoms with E-state index in [0.29, 0.717) is 11.4 Å². The maximum atomic E-state index is 12.8. The normalized spacial score (nSPS) is 16.8. The van der Waals surface area contributed by atoms with Gasteiger partial charge in [-0.1, -0.05) is 48.5 Å². The number of carbonyl (C=O) groups excluding carboxylic acids is 1. The van der Waals surface area contributed by atoms with Crippen LogP contribution in [0.15, 0.2) is 54.9 Å². The first-order chi connectivity index (χ1) is 16.2. The molecule has 0 bridgehead atoms. The van der Waals surface area contributed by atoms with E-state index in [0.717, 1.165) is 21.8 Å². The molecule has 1 fully saturated rings. The first-order valence-corrected chi connectivity index (χ1v) is 11.1. The zero-order chi connectivity index (χ0) is 24.1. The van der Waals surface area contributed by atoms with Gasteiger partial charge in [0.2, 0.25) is 0 Å². The van der Waals surface area contributed by atoms with Gasteiger partial charge in [-0.15, -0.1) is 0 Å². The van der Waals surface area contributed by atoms with Crippen LogP contribution >= 0.6 is 0 Å². The predicted octanol–water partition coefficient (Wildman–Crippen LogP) is 3.55. The van der Waals surface area contributed by atoms with Gasteiger partial charge in [0, 0.05) is 10.8 Å². The van der Waals surface area contributed by atoms with Gasteiger partial charge in [-0.25, -0.2) is 14.3 Å². The van der Waals surface area contributed by atoms with Gasteiger partial charge in [0.1, 0.15) is 12.9 Å². The van der Waals surface area contributed by atoms with Gasteiger partial charge in [0.25, 0.3) is 0 Å². The Bertz CT molecular complexity index is 1370. The summed E-state index contributed by atoms with van der Waals surface area (Å²) in [5.74, 6) is -0.181. The number of carbonyl (C=O) groups is 1. The van der Waals surface area contributed by atoms with Crippen molar-refractivity contribution >= 4 is 35.0 Å². The Morgan fingerprint density at radius 3 is 2.41 bits per heavy atom. The molecule has 0 atom stereocenters. The Morgan fingerprint density at radius 1 is 1.03 bits per heavy atom. The highest BCUT2D eigenvalue weighted by molar-refractivity contribution is 6.62. The van der Waals surface area contributed by atoms with E-state index >= 15 is 0 Å². The molecule has 1 aliphatic rings. The Labute approximate surface area is 197 Å². The highest BCUT2D eigenvalue weighted by atomic mass is 16.7. The van der Waals surface area contributed by atoms with Gasteiger partial charge in [0.05, 0.1) is 18.3 Å². The standard InChI is InChI=1S/C25H26BN3O5/c1-24(2)25(3,4)34-26(33-24)17-11-12-18-19(13-17)22-27-15-28-29(22)20(23(30)31-5)21(18)32-14-16-9-7-6-8-10-16/h6-13,15H,14H2,1-5H3. The minimum Gasteiger partial charge on any atom is -0.486 e. The van der Waals surface area contributed by atoms with Gasteiger partial charge in [-0.3, -0.25) is 0 Å². The molecule has 34 heavy (non-hydrogen) atoms. The van der Waals surface area contributed by atoms with Crippen molar-refractivity contribution in [3.8, 4) is 5.75 Å². The largest absolute Gasteiger partial charge is 0.494 e. The first-order valence-electron chi connectivity index (χ1n) is 11.1. The third kappa shape index (κ3) is 3.61. The molecule has 9 heteroatoms. The third-order valence-electron chi connectivity index (χ3n) is 6.63. The van der Waals surface area contributed by atoms with Crippen molar-refractivity contribution in [2.24, 2.45) is 0 Å². The molecular formula is C25H26BN3O5. The van der Waals surface area contributed by atoms with Crippen LogP contribution in [-0.2, 0) is 20.7 Å². The van der Waals surface area contributed by atoms with Gasteiger partial charge >= 0.3 is 13.1 Å². The summed E-state index contributed by atoms with van der Waals surface area (Å²) in [5.41, 5.74) is 1.59. The van der Waals surface area contributed by atoms with E-state index in [9.17, 15) is 4.79 Å². The maximum absolute atomic E-state index is 12.8. The number of hydrogen-bond donors (Lipinski definition) is 0. The molecule has 0 amide bonds. The smallest absolute Gasteiger partial charge is 0.486 e. The Balaban J connectivity index is 1.66. The van der Waals surface area contributed by atoms with E-state index in [2.05, 4.69) is 10.1 Å². The second-order valence-corrected chi connectivity index (χ2v) is 9.33. The Hall–Kier alpha value is -3.43. The lowest BCUT2D eigenvalue weighted by Gasteiger charge is -2.32. The molecule has 0 N–H and O–H groups in total. The molecule has 0 radical (unpaired) electrons. The summed E-state index contributed by atoms with van der Waals surface area (Å²) in [6, 6.07) is 15.5. The van der Waals surface area contributed by atoms with Gasteiger partial charge in [-0.2, -0.15) is 5.10 Å². The van der Waals surface area contributed by atoms with Gasteiger partial charge in [-0.05, 0) is 38.7 Å². The lowest BCUT2D eigenvalue weighted by molar-refractivity contribution is 0.00578. The third-order valence-corrected chi connectivity index (χ3v) is 6.63. The fourth-order valence-corrected chi connectivity index (χ4v) is 4.03. The topological polar surface area (TPSA) is 84.2 Å². The highest BCUT2D eigenvalue weighted by Gasteiger charge is 2.51. The van der Waals surface area contributed by atoms with Gasteiger partial charge in [0.15, 0.2) is 17.1 Å². The van der Waals surface area contributed by atoms with Crippen LogP contribution in [0.3, 0.4) is 0 Å². The Morgan fingerprint density at radius 2 is 1.74 bits per heavy atom. The maximum Gasteiger partial charge on any atom is 0.494 e. The molecule has 5 rings (SSSR count). The number of esters is 1. The number of ether oxygens (including phenoxy) is 2. The summed E-state index contributed by atoms with van der Waals surface area (Å²) < 4.78 is 25.2. The number of fused-ring (bicyclic) bond motifs is 3. The second kappa shape index (κ2) is 8.11. The molecule has 0 aliphatic carbocycles. The molecule has 2 aromatic carbocycles. The number of nitrogens with zero attached hydrogens (tertiary/aromatic N) is 3. The quantitative estimate of drug-likeness (QED) is 0.333. The summed E-state index contributed by atoms with van der Waals surface area (Å²) in [6.07, 6.45) is 1.41. The lowest BCUT2D eigenvalue weighted by Crippen LogP contribution is -2.41. The molecule has 8 nitrogen and oxygen atoms in total. The number of pyridine rings is 1. The fourth-order valence-electron chi connectivity index (χ4n) is 4.03. The second-order valence-electron chi connectivity index (χ2n) is 9.33. The van der Waals surface area contributed by atoms with E-state index in [1.807, 2.05) is 76.2 Å². The highest BCUT2D eigenvalue weighted by Crippen LogP contribution is 2.38. The average molecular weight is 459 g/mol. The average Bonchev–Trinajstić information content (AvgIpc) is 3.39. The zero-order valence-electron chi connectivity index (χ0n) is 19.9. The van der Waals surface area contributed by atoms with Crippen molar-refractivity contribution < 1.29 is 23.6 Å². The predicted molar refractivity (Wildman–Crippen MR) is 128 cm³/mol. The van der Waals surface area contributed by atoms with Crippen LogP contribution in [0, 0.1) is 0 Å². The van der Waals surface area contributed by atoms with Crippen LogP contribution in [0.1, 0.15) is 43.7 Å². The van der Waals surface area contributed by atoms with E-state index < -0.39 is 24.3 Å². The molecule has 2 aromatic heterocycles. The number of rotatable bonds is 5. The van der Waals surface area contributed by atoms with Crippen LogP contribution in [-0.4, -0.2) is 46.0 Å². The minimum atomic E-state index is -0.560. The Kier molecular flexibility index (Phi) is 5.33. The molecule has 0 spiro atoms. The summed E-state index contributed by atoms with van der Waals surface area (Å²) in [4.78, 5) is 17.2. The van der Waals surface area contributed by atoms with Crippen LogP contribution < -0.4 is 10.2 Å². The lowest BCUT2D eigenvalue weighted by atomic mass is 9.78. The zero-order valence-corrected chi connectivity index (χ0v) is 19.9. The van der Waals surface area contributed by atoms with E-state index in [-0.39, 0.29) is 12.3 Å². The van der Waals surface area contributed by atoms with Crippen LogP contribution in [0.4, 0.5) is 0 Å². The molecule has 4 aromatic rings. The van der Waals surface area contributed by atoms with Crippen molar-refractivity contribution in [3.05, 3.63) is 66.1 Å². The SMILES string of the molecule is COC(=O)c1c(OCc2ccccc2)c2ccc(B3OC(C)(C)C(C)(C)O3)cc2c2ncnn12. The number of methoxy groups -OCH3 is 1. The minimum absolute atomic E-state index is 0.182. The molecule has 3 heterocycles. The molecule has 0 unspecified atom stereocenters. The van der Waals surface area contributed by atoms with Crippen molar-refractivity contribution in [1.29, 1.82) is 0 Å². The molecular weight excluding hydrogens is 433 g/mol. The fraction of sp³-hybridized carbons (Fsp3) is 0.320. The van der Waals surface area contributed by atoms with Gasteiger partial charge < -0.3 is 18.8 Å². The van der Waals surface area contributed by atoms with Crippen molar-refractivity contribution in [2.45, 2.75) is 45.5 Å². The van der Waals surface area contributed by atoms with E-state index in [1.165, 1.54) is 18.0 Å². The monoisotopic (exact) mass is 459 g/mol. The van der Waals surface area contributed by atoms with Crippen molar-refractivity contribution in [2.75, 3.05) is 7.11 Å². The molecule has 0 saturated carbocycles. The molecule has 174 valence electrons. The summed E-state index contributed by atoms with van der Waals surface area (Å²) in [7, 11) is 0.795. The van der Waals surface area contributed by atoms with Crippen LogP contribution in [0.5, 0.6) is 5.75 Å². The molecule has 1 aliphatic heterocycles. The van der Waals surface area contributed by atoms with Crippen LogP contribution in [0.2, 0.25) is 0 Å². The number of hydrogen-bond acceptors (Lipinski definition) is 7. The van der Waals surface area contributed by atoms with E-state index in [4.69, 9.17) is 18.8 Å². The van der Waals surface area contributed by atoms with Crippen molar-refractivity contribution in [1.82, 2.24) is 14.6 Å². The number of benzene rings is 2. The van der Waals surface area contributed by atoms with E-state index in [1.54, 1.807) is 0 Å². The van der Waals surface area contributed by atoms with Crippen LogP contribution in [0.25, 0.3) is 16.4 Å². The molecule has 1 saturated heterocycles.